The van der Waals surface area contributed by atoms with Gasteiger partial charge in [0, 0.05) is 21.0 Å². The first-order chi connectivity index (χ1) is 11.7. The van der Waals surface area contributed by atoms with Crippen LogP contribution in [0.15, 0.2) is 35.3 Å². The first-order valence-corrected chi connectivity index (χ1v) is 10.0. The van der Waals surface area contributed by atoms with E-state index in [1.807, 2.05) is 24.3 Å². The van der Waals surface area contributed by atoms with Gasteiger partial charge in [-0.2, -0.15) is 0 Å². The average molecular weight is 377 g/mol. The molecule has 2 aromatic rings. The van der Waals surface area contributed by atoms with E-state index in [4.69, 9.17) is 28.8 Å². The third-order valence-corrected chi connectivity index (χ3v) is 5.75. The topological polar surface area (TPSA) is 24.4 Å². The van der Waals surface area contributed by atoms with Crippen molar-refractivity contribution in [1.82, 2.24) is 0 Å². The number of benzene rings is 1. The zero-order chi connectivity index (χ0) is 16.9. The fourth-order valence-electron chi connectivity index (χ4n) is 2.85. The van der Waals surface area contributed by atoms with Crippen LogP contribution in [0.2, 0.25) is 5.02 Å². The molecule has 0 atom stereocenters. The molecule has 0 saturated heterocycles. The smallest absolute Gasteiger partial charge is 0.103 e. The van der Waals surface area contributed by atoms with E-state index in [0.29, 0.717) is 6.54 Å². The lowest BCUT2D eigenvalue weighted by Crippen LogP contribution is -2.09. The van der Waals surface area contributed by atoms with Gasteiger partial charge in [0.2, 0.25) is 0 Å². The lowest BCUT2D eigenvalue weighted by atomic mass is 10.0. The molecule has 3 rings (SSSR count). The summed E-state index contributed by atoms with van der Waals surface area (Å²) in [7, 11) is 0. The second-order valence-corrected chi connectivity index (χ2v) is 8.00. The molecule has 5 heteroatoms. The maximum absolute atomic E-state index is 6.41. The van der Waals surface area contributed by atoms with Crippen molar-refractivity contribution < 1.29 is 0 Å². The van der Waals surface area contributed by atoms with Crippen LogP contribution in [-0.2, 0) is 6.42 Å². The van der Waals surface area contributed by atoms with Crippen LogP contribution in [0.5, 0.6) is 0 Å². The molecule has 126 valence electrons. The van der Waals surface area contributed by atoms with E-state index >= 15 is 0 Å². The number of rotatable bonds is 6. The fourth-order valence-corrected chi connectivity index (χ4v) is 4.43. The predicted molar refractivity (Wildman–Crippen MR) is 110 cm³/mol. The van der Waals surface area contributed by atoms with Gasteiger partial charge in [0.05, 0.1) is 12.3 Å². The van der Waals surface area contributed by atoms with E-state index in [2.05, 4.69) is 18.3 Å². The van der Waals surface area contributed by atoms with Crippen LogP contribution in [0.3, 0.4) is 0 Å². The van der Waals surface area contributed by atoms with Crippen molar-refractivity contribution in [2.24, 2.45) is 4.99 Å². The summed E-state index contributed by atoms with van der Waals surface area (Å²) in [6.07, 6.45) is 6.20. The minimum absolute atomic E-state index is 0.503. The molecule has 1 N–H and O–H groups in total. The minimum Gasteiger partial charge on any atom is -0.340 e. The van der Waals surface area contributed by atoms with Crippen molar-refractivity contribution in [3.05, 3.63) is 51.4 Å². The van der Waals surface area contributed by atoms with Crippen LogP contribution in [-0.4, -0.2) is 17.2 Å². The summed E-state index contributed by atoms with van der Waals surface area (Å²) in [6, 6.07) is 10.1. The number of nitrogens with zero attached hydrogens (tertiary/aromatic N) is 1. The molecule has 0 fully saturated rings. The highest BCUT2D eigenvalue weighted by molar-refractivity contribution is 7.80. The third kappa shape index (κ3) is 4.05. The number of nitrogens with one attached hydrogen (secondary N) is 1. The van der Waals surface area contributed by atoms with Crippen LogP contribution in [0, 0.1) is 0 Å². The largest absolute Gasteiger partial charge is 0.340 e. The fraction of sp³-hybridized carbons (Fsp3) is 0.368. The van der Waals surface area contributed by atoms with Crippen molar-refractivity contribution in [3.8, 4) is 0 Å². The first kappa shape index (κ1) is 17.6. The molecule has 1 aromatic heterocycles. The van der Waals surface area contributed by atoms with Gasteiger partial charge in [-0.05, 0) is 25.0 Å². The van der Waals surface area contributed by atoms with Gasteiger partial charge in [0.1, 0.15) is 9.99 Å². The number of halogens is 1. The summed E-state index contributed by atoms with van der Waals surface area (Å²) in [6.45, 7) is 2.74. The molecule has 1 aliphatic rings. The Bertz CT molecular complexity index is 764. The molecule has 1 aliphatic heterocycles. The minimum atomic E-state index is 0.503. The van der Waals surface area contributed by atoms with E-state index in [-0.39, 0.29) is 0 Å². The van der Waals surface area contributed by atoms with Crippen molar-refractivity contribution in [2.75, 3.05) is 11.9 Å². The van der Waals surface area contributed by atoms with Crippen molar-refractivity contribution in [1.29, 1.82) is 0 Å². The van der Waals surface area contributed by atoms with Gasteiger partial charge in [-0.3, -0.25) is 4.99 Å². The van der Waals surface area contributed by atoms with Crippen LogP contribution in [0.1, 0.15) is 48.6 Å². The summed E-state index contributed by atoms with van der Waals surface area (Å²) < 4.78 is 0. The highest BCUT2D eigenvalue weighted by Gasteiger charge is 2.21. The highest BCUT2D eigenvalue weighted by atomic mass is 35.5. The van der Waals surface area contributed by atoms with Gasteiger partial charge in [-0.15, -0.1) is 11.3 Å². The number of thiophene rings is 1. The predicted octanol–water partition coefficient (Wildman–Crippen LogP) is 6.11. The lowest BCUT2D eigenvalue weighted by molar-refractivity contribution is 0.670. The van der Waals surface area contributed by atoms with E-state index in [0.717, 1.165) is 38.3 Å². The van der Waals surface area contributed by atoms with E-state index in [1.165, 1.54) is 30.6 Å². The summed E-state index contributed by atoms with van der Waals surface area (Å²) in [5, 5.41) is 5.18. The van der Waals surface area contributed by atoms with Crippen LogP contribution >= 0.6 is 35.2 Å². The zero-order valence-electron chi connectivity index (χ0n) is 13.8. The maximum atomic E-state index is 6.41. The van der Waals surface area contributed by atoms with Crippen LogP contribution in [0.25, 0.3) is 0 Å². The third-order valence-electron chi connectivity index (χ3n) is 4.08. The molecule has 0 unspecified atom stereocenters. The zero-order valence-corrected chi connectivity index (χ0v) is 16.2. The molecular formula is C19H21ClN2S2. The Morgan fingerprint density at radius 2 is 2.04 bits per heavy atom. The van der Waals surface area contributed by atoms with Crippen LogP contribution < -0.4 is 5.32 Å². The molecule has 24 heavy (non-hydrogen) atoms. The Hall–Kier alpha value is -1.23. The summed E-state index contributed by atoms with van der Waals surface area (Å²) in [4.78, 5) is 6.88. The average Bonchev–Trinajstić information content (AvgIpc) is 2.89. The van der Waals surface area contributed by atoms with Gasteiger partial charge in [-0.1, -0.05) is 68.2 Å². The molecular weight excluding hydrogens is 356 g/mol. The number of aliphatic imine (C=N–C) groups is 1. The Labute approximate surface area is 158 Å². The number of aryl methyl sites for hydroxylation is 1. The van der Waals surface area contributed by atoms with Gasteiger partial charge in [-0.25, -0.2) is 0 Å². The van der Waals surface area contributed by atoms with Gasteiger partial charge >= 0.3 is 0 Å². The highest BCUT2D eigenvalue weighted by Crippen LogP contribution is 2.34. The van der Waals surface area contributed by atoms with E-state index < -0.39 is 0 Å². The van der Waals surface area contributed by atoms with Crippen molar-refractivity contribution in [2.45, 2.75) is 39.0 Å². The number of thiocarbonyl (C=S) groups is 1. The Morgan fingerprint density at radius 3 is 2.83 bits per heavy atom. The number of hydrogen-bond acceptors (Lipinski definition) is 3. The SMILES string of the molecule is CCCCCCc1cc2c(s1)NC(=S)CN=C2c1ccccc1Cl. The lowest BCUT2D eigenvalue weighted by Gasteiger charge is -2.07. The molecule has 0 aliphatic carbocycles. The summed E-state index contributed by atoms with van der Waals surface area (Å²) in [5.41, 5.74) is 3.04. The Morgan fingerprint density at radius 1 is 1.21 bits per heavy atom. The normalized spacial score (nSPS) is 13.9. The van der Waals surface area contributed by atoms with E-state index in [1.54, 1.807) is 11.3 Å². The molecule has 2 heterocycles. The molecule has 0 radical (unpaired) electrons. The van der Waals surface area contributed by atoms with E-state index in [9.17, 15) is 0 Å². The van der Waals surface area contributed by atoms with Gasteiger partial charge in [0.25, 0.3) is 0 Å². The summed E-state index contributed by atoms with van der Waals surface area (Å²) in [5.74, 6) is 0. The first-order valence-electron chi connectivity index (χ1n) is 8.41. The molecule has 0 bridgehead atoms. The summed E-state index contributed by atoms with van der Waals surface area (Å²) >= 11 is 13.6. The Balaban J connectivity index is 1.91. The van der Waals surface area contributed by atoms with Crippen molar-refractivity contribution >= 4 is 50.9 Å². The van der Waals surface area contributed by atoms with Crippen LogP contribution in [0.4, 0.5) is 5.00 Å². The monoisotopic (exact) mass is 376 g/mol. The van der Waals surface area contributed by atoms with Crippen molar-refractivity contribution in [3.63, 3.8) is 0 Å². The molecule has 0 saturated carbocycles. The number of hydrogen-bond donors (Lipinski definition) is 1. The van der Waals surface area contributed by atoms with Gasteiger partial charge in [0.15, 0.2) is 0 Å². The second kappa shape index (κ2) is 8.24. The van der Waals surface area contributed by atoms with Gasteiger partial charge < -0.3 is 5.32 Å². The molecule has 0 amide bonds. The maximum Gasteiger partial charge on any atom is 0.103 e. The quantitative estimate of drug-likeness (QED) is 0.485. The number of unbranched alkanes of at least 4 members (excludes halogenated alkanes) is 3. The molecule has 2 nitrogen and oxygen atoms in total. The second-order valence-electron chi connectivity index (χ2n) is 5.96. The Kier molecular flexibility index (Phi) is 6.04. The molecule has 1 aromatic carbocycles. The standard InChI is InChI=1S/C19H21ClN2S2/c1-2-3-4-5-8-13-11-15-18(14-9-6-7-10-16(14)20)21-12-17(23)22-19(15)24-13/h6-7,9-11H,2-5,8,12H2,1H3,(H,22,23). The molecule has 0 spiro atoms. The number of fused-ring (bicyclic) bond motifs is 1. The number of anilines is 1.